The highest BCUT2D eigenvalue weighted by Gasteiger charge is 2.06. The van der Waals surface area contributed by atoms with Crippen LogP contribution in [0.1, 0.15) is 31.0 Å². The van der Waals surface area contributed by atoms with Crippen LogP contribution in [0, 0.1) is 6.92 Å². The van der Waals surface area contributed by atoms with Crippen LogP contribution in [-0.4, -0.2) is 20.9 Å². The highest BCUT2D eigenvalue weighted by atomic mass is 16.5. The monoisotopic (exact) mass is 286 g/mol. The van der Waals surface area contributed by atoms with Gasteiger partial charge in [-0.2, -0.15) is 5.10 Å². The number of aryl methyl sites for hydroxylation is 1. The molecule has 0 aliphatic carbocycles. The summed E-state index contributed by atoms with van der Waals surface area (Å²) >= 11 is 0. The predicted molar refractivity (Wildman–Crippen MR) is 80.5 cm³/mol. The highest BCUT2D eigenvalue weighted by molar-refractivity contribution is 5.85. The predicted octanol–water partition coefficient (Wildman–Crippen LogP) is 3.66. The molecule has 21 heavy (non-hydrogen) atoms. The van der Waals surface area contributed by atoms with Gasteiger partial charge in [0.15, 0.2) is 5.75 Å². The van der Waals surface area contributed by atoms with Crippen LogP contribution >= 0.6 is 0 Å². The third kappa shape index (κ3) is 3.95. The van der Waals surface area contributed by atoms with E-state index in [0.717, 1.165) is 17.2 Å². The minimum absolute atomic E-state index is 0.272. The van der Waals surface area contributed by atoms with Gasteiger partial charge in [0.05, 0.1) is 12.4 Å². The molecule has 1 heterocycles. The van der Waals surface area contributed by atoms with Gasteiger partial charge in [0, 0.05) is 12.1 Å². The molecule has 0 amide bonds. The normalized spacial score (nSPS) is 11.2. The van der Waals surface area contributed by atoms with Crippen LogP contribution in [-0.2, 0) is 4.79 Å². The maximum atomic E-state index is 10.6. The Morgan fingerprint density at radius 1 is 1.43 bits per heavy atom. The Balaban J connectivity index is 2.22. The van der Waals surface area contributed by atoms with Crippen LogP contribution in [0.2, 0.25) is 0 Å². The fourth-order valence-corrected chi connectivity index (χ4v) is 1.78. The summed E-state index contributed by atoms with van der Waals surface area (Å²) in [6.07, 6.45) is 6.14. The van der Waals surface area contributed by atoms with E-state index in [1.54, 1.807) is 6.20 Å². The Kier molecular flexibility index (Phi) is 4.42. The summed E-state index contributed by atoms with van der Waals surface area (Å²) in [4.78, 5) is 10.6. The average molecular weight is 286 g/mol. The topological polar surface area (TPSA) is 64.3 Å². The lowest BCUT2D eigenvalue weighted by Crippen LogP contribution is -1.99. The number of rotatable bonds is 5. The van der Waals surface area contributed by atoms with Gasteiger partial charge >= 0.3 is 5.97 Å². The van der Waals surface area contributed by atoms with Crippen molar-refractivity contribution in [3.63, 3.8) is 0 Å². The van der Waals surface area contributed by atoms with E-state index in [2.05, 4.69) is 5.10 Å². The van der Waals surface area contributed by atoms with Gasteiger partial charge in [-0.1, -0.05) is 12.1 Å². The summed E-state index contributed by atoms with van der Waals surface area (Å²) < 4.78 is 7.64. The molecule has 5 nitrogen and oxygen atoms in total. The average Bonchev–Trinajstić information content (AvgIpc) is 2.88. The number of benzene rings is 1. The lowest BCUT2D eigenvalue weighted by molar-refractivity contribution is -0.131. The van der Waals surface area contributed by atoms with E-state index in [1.807, 2.05) is 49.8 Å². The van der Waals surface area contributed by atoms with E-state index < -0.39 is 5.97 Å². The molecule has 0 fully saturated rings. The van der Waals surface area contributed by atoms with Crippen molar-refractivity contribution in [2.75, 3.05) is 0 Å². The minimum atomic E-state index is -0.976. The fraction of sp³-hybridized carbons (Fsp3) is 0.250. The van der Waals surface area contributed by atoms with Gasteiger partial charge in [-0.25, -0.2) is 4.79 Å². The third-order valence-electron chi connectivity index (χ3n) is 2.97. The maximum Gasteiger partial charge on any atom is 0.328 e. The largest absolute Gasteiger partial charge is 0.478 e. The Labute approximate surface area is 123 Å². The SMILES string of the molecule is Cc1ccc(/C=C/C(=O)O)cc1Oc1cnn(C(C)C)c1. The Morgan fingerprint density at radius 2 is 2.19 bits per heavy atom. The summed E-state index contributed by atoms with van der Waals surface area (Å²) in [6, 6.07) is 5.82. The lowest BCUT2D eigenvalue weighted by Gasteiger charge is -2.08. The third-order valence-corrected chi connectivity index (χ3v) is 2.97. The first-order chi connectivity index (χ1) is 9.95. The van der Waals surface area contributed by atoms with E-state index in [4.69, 9.17) is 9.84 Å². The van der Waals surface area contributed by atoms with Crippen molar-refractivity contribution in [3.05, 3.63) is 47.8 Å². The molecular weight excluding hydrogens is 268 g/mol. The minimum Gasteiger partial charge on any atom is -0.478 e. The number of aliphatic carboxylic acids is 1. The molecule has 0 atom stereocenters. The van der Waals surface area contributed by atoms with Crippen molar-refractivity contribution < 1.29 is 14.6 Å². The summed E-state index contributed by atoms with van der Waals surface area (Å²) in [5.74, 6) is 0.369. The van der Waals surface area contributed by atoms with Crippen molar-refractivity contribution in [3.8, 4) is 11.5 Å². The standard InChI is InChI=1S/C16H18N2O3/c1-11(2)18-10-14(9-17-18)21-15-8-13(5-4-12(15)3)6-7-16(19)20/h4-11H,1-3H3,(H,19,20)/b7-6+. The van der Waals surface area contributed by atoms with Crippen LogP contribution in [0.4, 0.5) is 0 Å². The lowest BCUT2D eigenvalue weighted by atomic mass is 10.1. The molecule has 0 aliphatic rings. The fourth-order valence-electron chi connectivity index (χ4n) is 1.78. The zero-order chi connectivity index (χ0) is 15.4. The van der Waals surface area contributed by atoms with Gasteiger partial charge in [0.1, 0.15) is 5.75 Å². The van der Waals surface area contributed by atoms with Gasteiger partial charge in [0.25, 0.3) is 0 Å². The first kappa shape index (κ1) is 14.8. The van der Waals surface area contributed by atoms with Crippen molar-refractivity contribution in [2.45, 2.75) is 26.8 Å². The molecule has 1 aromatic heterocycles. The van der Waals surface area contributed by atoms with Crippen molar-refractivity contribution in [1.29, 1.82) is 0 Å². The number of carboxylic acids is 1. The van der Waals surface area contributed by atoms with Gasteiger partial charge in [-0.3, -0.25) is 4.68 Å². The van der Waals surface area contributed by atoms with Crippen LogP contribution in [0.25, 0.3) is 6.08 Å². The Bertz CT molecular complexity index is 672. The summed E-state index contributed by atoms with van der Waals surface area (Å²) in [5, 5.41) is 12.9. The molecule has 1 aromatic carbocycles. The summed E-state index contributed by atoms with van der Waals surface area (Å²) in [7, 11) is 0. The second kappa shape index (κ2) is 6.26. The smallest absolute Gasteiger partial charge is 0.328 e. The van der Waals surface area contributed by atoms with Crippen LogP contribution in [0.5, 0.6) is 11.5 Å². The van der Waals surface area contributed by atoms with E-state index in [9.17, 15) is 4.79 Å². The van der Waals surface area contributed by atoms with Crippen LogP contribution in [0.15, 0.2) is 36.7 Å². The van der Waals surface area contributed by atoms with E-state index in [1.165, 1.54) is 6.08 Å². The zero-order valence-corrected chi connectivity index (χ0v) is 12.3. The quantitative estimate of drug-likeness (QED) is 0.852. The molecule has 110 valence electrons. The number of carbonyl (C=O) groups is 1. The van der Waals surface area contributed by atoms with Gasteiger partial charge in [-0.05, 0) is 44.0 Å². The Morgan fingerprint density at radius 3 is 2.81 bits per heavy atom. The number of aromatic nitrogens is 2. The molecule has 0 aliphatic heterocycles. The van der Waals surface area contributed by atoms with Gasteiger partial charge < -0.3 is 9.84 Å². The number of hydrogen-bond donors (Lipinski definition) is 1. The van der Waals surface area contributed by atoms with Gasteiger partial charge in [-0.15, -0.1) is 0 Å². The molecule has 0 spiro atoms. The molecule has 0 bridgehead atoms. The van der Waals surface area contributed by atoms with Crippen LogP contribution in [0.3, 0.4) is 0 Å². The number of hydrogen-bond acceptors (Lipinski definition) is 3. The second-order valence-electron chi connectivity index (χ2n) is 5.05. The van der Waals surface area contributed by atoms with E-state index in [-0.39, 0.29) is 6.04 Å². The first-order valence-electron chi connectivity index (χ1n) is 6.69. The van der Waals surface area contributed by atoms with Crippen molar-refractivity contribution in [2.24, 2.45) is 0 Å². The van der Waals surface area contributed by atoms with E-state index >= 15 is 0 Å². The summed E-state index contributed by atoms with van der Waals surface area (Å²) in [6.45, 7) is 6.02. The summed E-state index contributed by atoms with van der Waals surface area (Å²) in [5.41, 5.74) is 1.74. The number of ether oxygens (including phenoxy) is 1. The molecule has 1 N–H and O–H groups in total. The molecule has 0 saturated carbocycles. The molecule has 0 radical (unpaired) electrons. The number of nitrogens with zero attached hydrogens (tertiary/aromatic N) is 2. The molecular formula is C16H18N2O3. The molecule has 2 aromatic rings. The molecule has 0 saturated heterocycles. The first-order valence-corrected chi connectivity index (χ1v) is 6.69. The van der Waals surface area contributed by atoms with Crippen molar-refractivity contribution >= 4 is 12.0 Å². The van der Waals surface area contributed by atoms with Crippen molar-refractivity contribution in [1.82, 2.24) is 9.78 Å². The number of carboxylic acid groups (broad SMARTS) is 1. The maximum absolute atomic E-state index is 10.6. The van der Waals surface area contributed by atoms with Crippen LogP contribution < -0.4 is 4.74 Å². The second-order valence-corrected chi connectivity index (χ2v) is 5.05. The Hall–Kier alpha value is -2.56. The zero-order valence-electron chi connectivity index (χ0n) is 12.3. The molecule has 2 rings (SSSR count). The van der Waals surface area contributed by atoms with Gasteiger partial charge in [0.2, 0.25) is 0 Å². The van der Waals surface area contributed by atoms with E-state index in [0.29, 0.717) is 11.5 Å². The molecule has 5 heteroatoms. The highest BCUT2D eigenvalue weighted by Crippen LogP contribution is 2.26. The molecule has 0 unspecified atom stereocenters.